The maximum Gasteiger partial charge on any atom is 0.234 e. The fourth-order valence-corrected chi connectivity index (χ4v) is 2.89. The third-order valence-electron chi connectivity index (χ3n) is 4.22. The Balaban J connectivity index is 1.41. The number of carbonyl (C=O) groups is 1. The van der Waals surface area contributed by atoms with Crippen LogP contribution in [0, 0.1) is 6.92 Å². The minimum atomic E-state index is 0.0664. The van der Waals surface area contributed by atoms with Crippen LogP contribution in [-0.4, -0.2) is 46.6 Å². The summed E-state index contributed by atoms with van der Waals surface area (Å²) in [7, 11) is 0. The third-order valence-corrected chi connectivity index (χ3v) is 4.22. The molecule has 128 valence electrons. The molecule has 2 heterocycles. The fourth-order valence-electron chi connectivity index (χ4n) is 2.89. The van der Waals surface area contributed by atoms with Crippen molar-refractivity contribution in [2.75, 3.05) is 26.2 Å². The van der Waals surface area contributed by atoms with Crippen LogP contribution < -0.4 is 10.1 Å². The van der Waals surface area contributed by atoms with Gasteiger partial charge in [-0.2, -0.15) is 0 Å². The summed E-state index contributed by atoms with van der Waals surface area (Å²) in [4.78, 5) is 18.5. The number of carbonyl (C=O) groups excluding carboxylic acids is 1. The SMILES string of the molecule is Cc1nccn1CCCNC(=O)CN1CCOc2ccccc2C1. The van der Waals surface area contributed by atoms with Crippen LogP contribution >= 0.6 is 0 Å². The number of amides is 1. The summed E-state index contributed by atoms with van der Waals surface area (Å²) in [5.41, 5.74) is 1.14. The van der Waals surface area contributed by atoms with Crippen LogP contribution in [0.4, 0.5) is 0 Å². The number of fused-ring (bicyclic) bond motifs is 1. The van der Waals surface area contributed by atoms with Crippen LogP contribution in [0.15, 0.2) is 36.7 Å². The Morgan fingerprint density at radius 1 is 1.38 bits per heavy atom. The number of benzene rings is 1. The summed E-state index contributed by atoms with van der Waals surface area (Å²) in [6.45, 7) is 6.06. The number of hydrogen-bond donors (Lipinski definition) is 1. The second kappa shape index (κ2) is 7.97. The molecule has 1 aliphatic heterocycles. The van der Waals surface area contributed by atoms with Crippen LogP contribution in [-0.2, 0) is 17.9 Å². The van der Waals surface area contributed by atoms with Crippen molar-refractivity contribution in [3.05, 3.63) is 48.0 Å². The summed E-state index contributed by atoms with van der Waals surface area (Å²) in [5.74, 6) is 2.00. The molecule has 1 aliphatic rings. The first-order valence-corrected chi connectivity index (χ1v) is 8.40. The van der Waals surface area contributed by atoms with E-state index in [0.29, 0.717) is 19.7 Å². The van der Waals surface area contributed by atoms with Gasteiger partial charge in [-0.3, -0.25) is 9.69 Å². The van der Waals surface area contributed by atoms with Crippen molar-refractivity contribution >= 4 is 5.91 Å². The number of aryl methyl sites for hydroxylation is 2. The summed E-state index contributed by atoms with van der Waals surface area (Å²) in [6, 6.07) is 8.02. The van der Waals surface area contributed by atoms with Crippen LogP contribution in [0.3, 0.4) is 0 Å². The van der Waals surface area contributed by atoms with Gasteiger partial charge in [0, 0.05) is 44.1 Å². The zero-order chi connectivity index (χ0) is 16.8. The number of aromatic nitrogens is 2. The van der Waals surface area contributed by atoms with Crippen molar-refractivity contribution in [3.63, 3.8) is 0 Å². The second-order valence-electron chi connectivity index (χ2n) is 6.04. The predicted molar refractivity (Wildman–Crippen MR) is 91.8 cm³/mol. The van der Waals surface area contributed by atoms with Crippen LogP contribution in [0.1, 0.15) is 17.8 Å². The van der Waals surface area contributed by atoms with E-state index in [0.717, 1.165) is 43.2 Å². The first kappa shape index (κ1) is 16.5. The average molecular weight is 328 g/mol. The molecule has 0 saturated heterocycles. The van der Waals surface area contributed by atoms with Crippen molar-refractivity contribution in [2.45, 2.75) is 26.4 Å². The molecule has 24 heavy (non-hydrogen) atoms. The molecule has 1 N–H and O–H groups in total. The molecule has 0 radical (unpaired) electrons. The Hall–Kier alpha value is -2.34. The van der Waals surface area contributed by atoms with E-state index in [1.807, 2.05) is 31.3 Å². The van der Waals surface area contributed by atoms with E-state index < -0.39 is 0 Å². The maximum absolute atomic E-state index is 12.2. The minimum absolute atomic E-state index is 0.0664. The summed E-state index contributed by atoms with van der Waals surface area (Å²) >= 11 is 0. The topological polar surface area (TPSA) is 59.4 Å². The van der Waals surface area contributed by atoms with Crippen molar-refractivity contribution in [2.24, 2.45) is 0 Å². The van der Waals surface area contributed by atoms with Crippen LogP contribution in [0.5, 0.6) is 5.75 Å². The summed E-state index contributed by atoms with van der Waals surface area (Å²) < 4.78 is 7.82. The Labute approximate surface area is 142 Å². The molecule has 0 aliphatic carbocycles. The highest BCUT2D eigenvalue weighted by Crippen LogP contribution is 2.22. The smallest absolute Gasteiger partial charge is 0.234 e. The van der Waals surface area contributed by atoms with Gasteiger partial charge in [-0.05, 0) is 19.4 Å². The van der Waals surface area contributed by atoms with Gasteiger partial charge >= 0.3 is 0 Å². The van der Waals surface area contributed by atoms with Crippen molar-refractivity contribution in [1.29, 1.82) is 0 Å². The zero-order valence-corrected chi connectivity index (χ0v) is 14.1. The largest absolute Gasteiger partial charge is 0.492 e. The normalized spacial score (nSPS) is 14.5. The van der Waals surface area contributed by atoms with Gasteiger partial charge in [0.05, 0.1) is 6.54 Å². The molecular weight excluding hydrogens is 304 g/mol. The molecule has 0 fully saturated rings. The average Bonchev–Trinajstić information content (AvgIpc) is 2.87. The highest BCUT2D eigenvalue weighted by atomic mass is 16.5. The first-order chi connectivity index (χ1) is 11.7. The molecule has 0 unspecified atom stereocenters. The molecule has 1 amide bonds. The molecule has 2 aromatic rings. The lowest BCUT2D eigenvalue weighted by molar-refractivity contribution is -0.122. The van der Waals surface area contributed by atoms with Crippen LogP contribution in [0.25, 0.3) is 0 Å². The highest BCUT2D eigenvalue weighted by Gasteiger charge is 2.17. The second-order valence-corrected chi connectivity index (χ2v) is 6.04. The molecular formula is C18H24N4O2. The number of hydrogen-bond acceptors (Lipinski definition) is 4. The monoisotopic (exact) mass is 328 g/mol. The lowest BCUT2D eigenvalue weighted by Crippen LogP contribution is -2.38. The number of para-hydroxylation sites is 1. The standard InChI is InChI=1S/C18H24N4O2/c1-15-19-8-10-22(15)9-4-7-20-18(23)14-21-11-12-24-17-6-3-2-5-16(17)13-21/h2-3,5-6,8,10H,4,7,9,11-14H2,1H3,(H,20,23). The molecule has 6 nitrogen and oxygen atoms in total. The quantitative estimate of drug-likeness (QED) is 0.818. The van der Waals surface area contributed by atoms with E-state index in [-0.39, 0.29) is 5.91 Å². The fraction of sp³-hybridized carbons (Fsp3) is 0.444. The Morgan fingerprint density at radius 3 is 3.08 bits per heavy atom. The number of ether oxygens (including phenoxy) is 1. The molecule has 6 heteroatoms. The van der Waals surface area contributed by atoms with Crippen molar-refractivity contribution in [1.82, 2.24) is 19.8 Å². The lowest BCUT2D eigenvalue weighted by atomic mass is 10.2. The van der Waals surface area contributed by atoms with Gasteiger partial charge in [-0.1, -0.05) is 18.2 Å². The van der Waals surface area contributed by atoms with Gasteiger partial charge in [-0.25, -0.2) is 4.98 Å². The molecule has 0 atom stereocenters. The number of nitrogens with one attached hydrogen (secondary N) is 1. The third kappa shape index (κ3) is 4.35. The summed E-state index contributed by atoms with van der Waals surface area (Å²) in [5, 5.41) is 3.00. The first-order valence-electron chi connectivity index (χ1n) is 8.40. The number of imidazole rings is 1. The Morgan fingerprint density at radius 2 is 2.25 bits per heavy atom. The molecule has 3 rings (SSSR count). The number of nitrogens with zero attached hydrogens (tertiary/aromatic N) is 3. The number of rotatable bonds is 6. The predicted octanol–water partition coefficient (Wildman–Crippen LogP) is 1.59. The van der Waals surface area contributed by atoms with Crippen molar-refractivity contribution < 1.29 is 9.53 Å². The Bertz CT molecular complexity index is 683. The van der Waals surface area contributed by atoms with E-state index in [4.69, 9.17) is 4.74 Å². The van der Waals surface area contributed by atoms with E-state index in [1.54, 1.807) is 6.20 Å². The van der Waals surface area contributed by atoms with Crippen LogP contribution in [0.2, 0.25) is 0 Å². The zero-order valence-electron chi connectivity index (χ0n) is 14.1. The van der Waals surface area contributed by atoms with Gasteiger partial charge in [0.2, 0.25) is 5.91 Å². The van der Waals surface area contributed by atoms with Gasteiger partial charge in [-0.15, -0.1) is 0 Å². The lowest BCUT2D eigenvalue weighted by Gasteiger charge is -2.18. The van der Waals surface area contributed by atoms with E-state index in [1.165, 1.54) is 0 Å². The molecule has 0 bridgehead atoms. The minimum Gasteiger partial charge on any atom is -0.492 e. The molecule has 0 saturated carbocycles. The molecule has 0 spiro atoms. The van der Waals surface area contributed by atoms with E-state index in [2.05, 4.69) is 25.8 Å². The van der Waals surface area contributed by atoms with E-state index in [9.17, 15) is 4.79 Å². The van der Waals surface area contributed by atoms with Crippen molar-refractivity contribution in [3.8, 4) is 5.75 Å². The van der Waals surface area contributed by atoms with E-state index >= 15 is 0 Å². The van der Waals surface area contributed by atoms with Gasteiger partial charge < -0.3 is 14.6 Å². The molecule has 1 aromatic carbocycles. The van der Waals surface area contributed by atoms with Gasteiger partial charge in [0.1, 0.15) is 18.2 Å². The van der Waals surface area contributed by atoms with Gasteiger partial charge in [0.25, 0.3) is 0 Å². The summed E-state index contributed by atoms with van der Waals surface area (Å²) in [6.07, 6.45) is 4.66. The van der Waals surface area contributed by atoms with Gasteiger partial charge in [0.15, 0.2) is 0 Å². The highest BCUT2D eigenvalue weighted by molar-refractivity contribution is 5.78. The maximum atomic E-state index is 12.2. The Kier molecular flexibility index (Phi) is 5.48. The molecule has 1 aromatic heterocycles.